The Labute approximate surface area is 113 Å². The van der Waals surface area contributed by atoms with Crippen LogP contribution in [0.4, 0.5) is 0 Å². The smallest absolute Gasteiger partial charge is 0.146 e. The molecule has 0 bridgehead atoms. The third-order valence-electron chi connectivity index (χ3n) is 3.23. The van der Waals surface area contributed by atoms with Gasteiger partial charge in [0.05, 0.1) is 0 Å². The topological polar surface area (TPSA) is 47.0 Å². The lowest BCUT2D eigenvalue weighted by atomic mass is 10.1. The van der Waals surface area contributed by atoms with Crippen LogP contribution < -0.4 is 5.32 Å². The SMILES string of the molecule is CC(C)NCCCc1nnc(C2OCCC2C)s1. The van der Waals surface area contributed by atoms with Gasteiger partial charge >= 0.3 is 0 Å². The van der Waals surface area contributed by atoms with Gasteiger partial charge in [-0.25, -0.2) is 0 Å². The van der Waals surface area contributed by atoms with Crippen LogP contribution in [0, 0.1) is 5.92 Å². The number of nitrogens with one attached hydrogen (secondary N) is 1. The number of aromatic nitrogens is 2. The summed E-state index contributed by atoms with van der Waals surface area (Å²) in [6.45, 7) is 8.47. The van der Waals surface area contributed by atoms with E-state index in [1.807, 2.05) is 0 Å². The molecule has 0 aromatic carbocycles. The molecular weight excluding hydrogens is 246 g/mol. The summed E-state index contributed by atoms with van der Waals surface area (Å²) in [6.07, 6.45) is 3.45. The van der Waals surface area contributed by atoms with Crippen LogP contribution >= 0.6 is 11.3 Å². The van der Waals surface area contributed by atoms with E-state index in [-0.39, 0.29) is 6.10 Å². The molecule has 2 rings (SSSR count). The molecule has 2 unspecified atom stereocenters. The molecule has 0 aliphatic carbocycles. The van der Waals surface area contributed by atoms with Crippen LogP contribution in [0.3, 0.4) is 0 Å². The average Bonchev–Trinajstić information content (AvgIpc) is 2.92. The highest BCUT2D eigenvalue weighted by Gasteiger charge is 2.28. The molecule has 0 amide bonds. The minimum atomic E-state index is 0.185. The Morgan fingerprint density at radius 3 is 2.94 bits per heavy atom. The van der Waals surface area contributed by atoms with E-state index in [1.165, 1.54) is 0 Å². The van der Waals surface area contributed by atoms with Gasteiger partial charge in [0.25, 0.3) is 0 Å². The second-order valence-corrected chi connectivity index (χ2v) is 6.40. The summed E-state index contributed by atoms with van der Waals surface area (Å²) in [5, 5.41) is 14.2. The van der Waals surface area contributed by atoms with Gasteiger partial charge in [-0.05, 0) is 25.3 Å². The van der Waals surface area contributed by atoms with Crippen LogP contribution in [0.25, 0.3) is 0 Å². The van der Waals surface area contributed by atoms with Crippen molar-refractivity contribution >= 4 is 11.3 Å². The highest BCUT2D eigenvalue weighted by Crippen LogP contribution is 2.35. The van der Waals surface area contributed by atoms with Crippen LogP contribution in [0.1, 0.15) is 49.7 Å². The number of rotatable bonds is 6. The Hall–Kier alpha value is -0.520. The highest BCUT2D eigenvalue weighted by atomic mass is 32.1. The van der Waals surface area contributed by atoms with Crippen molar-refractivity contribution < 1.29 is 4.74 Å². The van der Waals surface area contributed by atoms with Crippen LogP contribution in [0.5, 0.6) is 0 Å². The molecule has 1 N–H and O–H groups in total. The molecule has 5 heteroatoms. The lowest BCUT2D eigenvalue weighted by molar-refractivity contribution is 0.0937. The van der Waals surface area contributed by atoms with Crippen LogP contribution in [-0.4, -0.2) is 29.4 Å². The first-order chi connectivity index (χ1) is 8.66. The maximum atomic E-state index is 5.72. The van der Waals surface area contributed by atoms with Crippen molar-refractivity contribution in [2.45, 2.75) is 52.2 Å². The van der Waals surface area contributed by atoms with E-state index in [4.69, 9.17) is 4.74 Å². The van der Waals surface area contributed by atoms with Gasteiger partial charge in [-0.3, -0.25) is 0 Å². The molecule has 18 heavy (non-hydrogen) atoms. The monoisotopic (exact) mass is 269 g/mol. The Morgan fingerprint density at radius 1 is 1.44 bits per heavy atom. The quantitative estimate of drug-likeness (QED) is 0.806. The van der Waals surface area contributed by atoms with Crippen molar-refractivity contribution in [3.63, 3.8) is 0 Å². The first-order valence-electron chi connectivity index (χ1n) is 6.84. The van der Waals surface area contributed by atoms with Gasteiger partial charge in [0.2, 0.25) is 0 Å². The lowest BCUT2D eigenvalue weighted by Crippen LogP contribution is -2.23. The van der Waals surface area contributed by atoms with Gasteiger partial charge in [-0.15, -0.1) is 10.2 Å². The lowest BCUT2D eigenvalue weighted by Gasteiger charge is -2.09. The molecule has 4 nitrogen and oxygen atoms in total. The largest absolute Gasteiger partial charge is 0.371 e. The summed E-state index contributed by atoms with van der Waals surface area (Å²) in [6, 6.07) is 0.558. The Balaban J connectivity index is 1.79. The average molecular weight is 269 g/mol. The maximum absolute atomic E-state index is 5.72. The van der Waals surface area contributed by atoms with Gasteiger partial charge in [-0.1, -0.05) is 32.1 Å². The predicted molar refractivity (Wildman–Crippen MR) is 73.8 cm³/mol. The fourth-order valence-corrected chi connectivity index (χ4v) is 3.19. The van der Waals surface area contributed by atoms with E-state index in [0.717, 1.165) is 42.4 Å². The van der Waals surface area contributed by atoms with Crippen LogP contribution in [0.15, 0.2) is 0 Å². The van der Waals surface area contributed by atoms with Crippen molar-refractivity contribution in [1.82, 2.24) is 15.5 Å². The molecule has 1 fully saturated rings. The van der Waals surface area contributed by atoms with Crippen LogP contribution in [-0.2, 0) is 11.2 Å². The molecule has 1 aliphatic rings. The molecule has 0 spiro atoms. The third-order valence-corrected chi connectivity index (χ3v) is 4.28. The summed E-state index contributed by atoms with van der Waals surface area (Å²) in [5.74, 6) is 0.577. The first-order valence-corrected chi connectivity index (χ1v) is 7.65. The molecule has 1 aromatic rings. The number of aryl methyl sites for hydroxylation is 1. The maximum Gasteiger partial charge on any atom is 0.146 e. The molecular formula is C13H23N3OS. The predicted octanol–water partition coefficient (Wildman–Crippen LogP) is 2.57. The molecule has 0 radical (unpaired) electrons. The summed E-state index contributed by atoms with van der Waals surface area (Å²) >= 11 is 1.72. The molecule has 1 saturated heterocycles. The van der Waals surface area contributed by atoms with E-state index < -0.39 is 0 Å². The number of ether oxygens (including phenoxy) is 1. The van der Waals surface area contributed by atoms with E-state index >= 15 is 0 Å². The fourth-order valence-electron chi connectivity index (χ4n) is 2.12. The van der Waals surface area contributed by atoms with Gasteiger partial charge in [0.1, 0.15) is 16.1 Å². The second kappa shape index (κ2) is 6.59. The standard InChI is InChI=1S/C13H23N3OS/c1-9(2)14-7-4-5-11-15-16-13(18-11)12-10(3)6-8-17-12/h9-10,12,14H,4-8H2,1-3H3. The molecule has 2 heterocycles. The first kappa shape index (κ1) is 13.9. The zero-order valence-electron chi connectivity index (χ0n) is 11.5. The van der Waals surface area contributed by atoms with Gasteiger partial charge in [-0.2, -0.15) is 0 Å². The number of nitrogens with zero attached hydrogens (tertiary/aromatic N) is 2. The van der Waals surface area contributed by atoms with Crippen LogP contribution in [0.2, 0.25) is 0 Å². The zero-order chi connectivity index (χ0) is 13.0. The number of hydrogen-bond acceptors (Lipinski definition) is 5. The summed E-state index contributed by atoms with van der Waals surface area (Å²) in [4.78, 5) is 0. The Bertz CT molecular complexity index is 367. The van der Waals surface area contributed by atoms with Gasteiger partial charge < -0.3 is 10.1 Å². The van der Waals surface area contributed by atoms with E-state index in [0.29, 0.717) is 12.0 Å². The number of hydrogen-bond donors (Lipinski definition) is 1. The van der Waals surface area contributed by atoms with E-state index in [9.17, 15) is 0 Å². The minimum absolute atomic E-state index is 0.185. The minimum Gasteiger partial charge on any atom is -0.371 e. The van der Waals surface area contributed by atoms with E-state index in [1.54, 1.807) is 11.3 Å². The van der Waals surface area contributed by atoms with Crippen molar-refractivity contribution in [2.24, 2.45) is 5.92 Å². The van der Waals surface area contributed by atoms with E-state index in [2.05, 4.69) is 36.3 Å². The van der Waals surface area contributed by atoms with Crippen molar-refractivity contribution in [3.05, 3.63) is 10.0 Å². The Kier molecular flexibility index (Phi) is 5.09. The van der Waals surface area contributed by atoms with Crippen molar-refractivity contribution in [3.8, 4) is 0 Å². The molecule has 102 valence electrons. The molecule has 2 atom stereocenters. The molecule has 1 aromatic heterocycles. The third kappa shape index (κ3) is 3.73. The highest BCUT2D eigenvalue weighted by molar-refractivity contribution is 7.11. The van der Waals surface area contributed by atoms with Crippen molar-refractivity contribution in [1.29, 1.82) is 0 Å². The fraction of sp³-hybridized carbons (Fsp3) is 0.846. The Morgan fingerprint density at radius 2 is 2.28 bits per heavy atom. The van der Waals surface area contributed by atoms with Gasteiger partial charge in [0, 0.05) is 19.1 Å². The molecule has 0 saturated carbocycles. The normalized spacial score (nSPS) is 24.0. The molecule has 1 aliphatic heterocycles. The van der Waals surface area contributed by atoms with Crippen molar-refractivity contribution in [2.75, 3.05) is 13.2 Å². The van der Waals surface area contributed by atoms with Gasteiger partial charge in [0.15, 0.2) is 0 Å². The summed E-state index contributed by atoms with van der Waals surface area (Å²) < 4.78 is 5.72. The zero-order valence-corrected chi connectivity index (χ0v) is 12.3. The summed E-state index contributed by atoms with van der Waals surface area (Å²) in [7, 11) is 0. The second-order valence-electron chi connectivity index (χ2n) is 5.30. The summed E-state index contributed by atoms with van der Waals surface area (Å²) in [5.41, 5.74) is 0.